The zero-order valence-electron chi connectivity index (χ0n) is 13.2. The number of nitrogens with zero attached hydrogens (tertiary/aromatic N) is 3. The summed E-state index contributed by atoms with van der Waals surface area (Å²) in [5.41, 5.74) is 0.764. The number of aromatic nitrogens is 3. The van der Waals surface area contributed by atoms with Crippen LogP contribution in [-0.2, 0) is 16.0 Å². The minimum Gasteiger partial charge on any atom is -0.347 e. The molecule has 116 valence electrons. The third-order valence-electron chi connectivity index (χ3n) is 3.17. The van der Waals surface area contributed by atoms with E-state index in [-0.39, 0.29) is 6.29 Å². The van der Waals surface area contributed by atoms with Crippen molar-refractivity contribution in [3.05, 3.63) is 11.9 Å². The van der Waals surface area contributed by atoms with Crippen LogP contribution >= 0.6 is 0 Å². The lowest BCUT2D eigenvalue weighted by Crippen LogP contribution is -2.09. The summed E-state index contributed by atoms with van der Waals surface area (Å²) in [4.78, 5) is 0. The second-order valence-corrected chi connectivity index (χ2v) is 4.92. The monoisotopic (exact) mass is 283 g/mol. The van der Waals surface area contributed by atoms with Gasteiger partial charge in [-0.25, -0.2) is 0 Å². The van der Waals surface area contributed by atoms with Crippen molar-refractivity contribution in [2.45, 2.75) is 72.1 Å². The van der Waals surface area contributed by atoms with Crippen molar-refractivity contribution < 1.29 is 9.47 Å². The molecule has 0 N–H and O–H groups in total. The molecule has 0 aliphatic rings. The van der Waals surface area contributed by atoms with Crippen LogP contribution in [0, 0.1) is 0 Å². The Labute approximate surface area is 122 Å². The zero-order valence-corrected chi connectivity index (χ0v) is 13.2. The van der Waals surface area contributed by atoms with E-state index in [0.29, 0.717) is 13.2 Å². The maximum Gasteiger partial charge on any atom is 0.204 e. The predicted molar refractivity (Wildman–Crippen MR) is 79.4 cm³/mol. The van der Waals surface area contributed by atoms with Gasteiger partial charge in [0.2, 0.25) is 6.29 Å². The highest BCUT2D eigenvalue weighted by Gasteiger charge is 2.15. The molecule has 20 heavy (non-hydrogen) atoms. The largest absolute Gasteiger partial charge is 0.347 e. The van der Waals surface area contributed by atoms with Gasteiger partial charge in [0.15, 0.2) is 0 Å². The molecular weight excluding hydrogens is 254 g/mol. The zero-order chi connectivity index (χ0) is 14.6. The van der Waals surface area contributed by atoms with E-state index in [1.54, 1.807) is 0 Å². The number of ether oxygens (including phenoxy) is 2. The van der Waals surface area contributed by atoms with E-state index in [1.807, 2.05) is 24.7 Å². The van der Waals surface area contributed by atoms with Crippen LogP contribution in [-0.4, -0.2) is 28.2 Å². The molecule has 5 nitrogen and oxygen atoms in total. The van der Waals surface area contributed by atoms with Crippen molar-refractivity contribution >= 4 is 0 Å². The molecule has 1 aromatic rings. The smallest absolute Gasteiger partial charge is 0.204 e. The molecule has 0 fully saturated rings. The number of hydrogen-bond donors (Lipinski definition) is 0. The summed E-state index contributed by atoms with van der Waals surface area (Å²) in [7, 11) is 0. The van der Waals surface area contributed by atoms with E-state index >= 15 is 0 Å². The van der Waals surface area contributed by atoms with Crippen molar-refractivity contribution in [3.8, 4) is 0 Å². The van der Waals surface area contributed by atoms with Crippen molar-refractivity contribution in [1.29, 1.82) is 0 Å². The van der Waals surface area contributed by atoms with Crippen LogP contribution in [0.25, 0.3) is 0 Å². The summed E-state index contributed by atoms with van der Waals surface area (Å²) in [6.45, 7) is 8.28. The lowest BCUT2D eigenvalue weighted by molar-refractivity contribution is -0.142. The molecular formula is C15H29N3O2. The Hall–Kier alpha value is -0.940. The quantitative estimate of drug-likeness (QED) is 0.433. The van der Waals surface area contributed by atoms with Gasteiger partial charge in [-0.05, 0) is 20.3 Å². The molecule has 1 rings (SSSR count). The molecule has 0 aliphatic carbocycles. The SMILES string of the molecule is CCCCCCCCn1cc(C(OCC)OCC)nn1. The number of aryl methyl sites for hydroxylation is 1. The van der Waals surface area contributed by atoms with Crippen molar-refractivity contribution in [2.24, 2.45) is 0 Å². The molecule has 0 radical (unpaired) electrons. The molecule has 0 saturated carbocycles. The summed E-state index contributed by atoms with van der Waals surface area (Å²) in [6, 6.07) is 0. The van der Waals surface area contributed by atoms with Gasteiger partial charge in [0.1, 0.15) is 5.69 Å². The Kier molecular flexibility index (Phi) is 9.24. The van der Waals surface area contributed by atoms with Crippen molar-refractivity contribution in [2.75, 3.05) is 13.2 Å². The number of unbranched alkanes of at least 4 members (excludes halogenated alkanes) is 5. The average Bonchev–Trinajstić information content (AvgIpc) is 2.91. The third kappa shape index (κ3) is 6.48. The minimum atomic E-state index is -0.386. The normalized spacial score (nSPS) is 11.4. The molecule has 0 saturated heterocycles. The Morgan fingerprint density at radius 2 is 1.65 bits per heavy atom. The summed E-state index contributed by atoms with van der Waals surface area (Å²) in [5, 5.41) is 8.29. The van der Waals surface area contributed by atoms with Gasteiger partial charge in [-0.1, -0.05) is 44.2 Å². The highest BCUT2D eigenvalue weighted by molar-refractivity contribution is 4.94. The van der Waals surface area contributed by atoms with Gasteiger partial charge in [-0.15, -0.1) is 5.10 Å². The number of rotatable bonds is 12. The van der Waals surface area contributed by atoms with Gasteiger partial charge >= 0.3 is 0 Å². The highest BCUT2D eigenvalue weighted by atomic mass is 16.7. The summed E-state index contributed by atoms with van der Waals surface area (Å²) >= 11 is 0. The third-order valence-corrected chi connectivity index (χ3v) is 3.17. The molecule has 1 heterocycles. The van der Waals surface area contributed by atoms with Crippen LogP contribution in [0.4, 0.5) is 0 Å². The Morgan fingerprint density at radius 1 is 1.00 bits per heavy atom. The second-order valence-electron chi connectivity index (χ2n) is 4.92. The topological polar surface area (TPSA) is 49.2 Å². The van der Waals surface area contributed by atoms with E-state index in [1.165, 1.54) is 32.1 Å². The Morgan fingerprint density at radius 3 is 2.30 bits per heavy atom. The fourth-order valence-electron chi connectivity index (χ4n) is 2.11. The summed E-state index contributed by atoms with van der Waals surface area (Å²) in [6.07, 6.45) is 9.26. The molecule has 0 amide bonds. The van der Waals surface area contributed by atoms with Gasteiger partial charge < -0.3 is 9.47 Å². The maximum absolute atomic E-state index is 5.51. The van der Waals surface area contributed by atoms with Crippen molar-refractivity contribution in [3.63, 3.8) is 0 Å². The molecule has 0 atom stereocenters. The standard InChI is InChI=1S/C15H29N3O2/c1-4-7-8-9-10-11-12-18-13-14(16-17-18)15(19-5-2)20-6-3/h13,15H,4-12H2,1-3H3. The fraction of sp³-hybridized carbons (Fsp3) is 0.867. The van der Waals surface area contributed by atoms with E-state index in [9.17, 15) is 0 Å². The molecule has 5 heteroatoms. The van der Waals surface area contributed by atoms with Gasteiger partial charge in [0, 0.05) is 19.8 Å². The Balaban J connectivity index is 2.30. The second kappa shape index (κ2) is 10.8. The summed E-state index contributed by atoms with van der Waals surface area (Å²) < 4.78 is 12.9. The molecule has 0 aliphatic heterocycles. The average molecular weight is 283 g/mol. The maximum atomic E-state index is 5.51. The van der Waals surface area contributed by atoms with Gasteiger partial charge in [-0.2, -0.15) is 0 Å². The van der Waals surface area contributed by atoms with E-state index < -0.39 is 0 Å². The summed E-state index contributed by atoms with van der Waals surface area (Å²) in [5.74, 6) is 0. The van der Waals surface area contributed by atoms with Crippen LogP contribution < -0.4 is 0 Å². The van der Waals surface area contributed by atoms with Gasteiger partial charge in [0.05, 0.1) is 6.20 Å². The Bertz CT molecular complexity index is 336. The van der Waals surface area contributed by atoms with Crippen LogP contribution in [0.15, 0.2) is 6.20 Å². The predicted octanol–water partition coefficient (Wildman–Crippen LogP) is 3.71. The van der Waals surface area contributed by atoms with Gasteiger partial charge in [-0.3, -0.25) is 4.68 Å². The molecule has 0 aromatic carbocycles. The van der Waals surface area contributed by atoms with E-state index in [2.05, 4.69) is 17.2 Å². The molecule has 0 spiro atoms. The first kappa shape index (κ1) is 17.1. The first-order valence-electron chi connectivity index (χ1n) is 7.95. The molecule has 0 unspecified atom stereocenters. The first-order valence-corrected chi connectivity index (χ1v) is 7.95. The van der Waals surface area contributed by atoms with E-state index in [0.717, 1.165) is 18.7 Å². The first-order chi connectivity index (χ1) is 9.81. The highest BCUT2D eigenvalue weighted by Crippen LogP contribution is 2.16. The van der Waals surface area contributed by atoms with Crippen LogP contribution in [0.5, 0.6) is 0 Å². The van der Waals surface area contributed by atoms with E-state index in [4.69, 9.17) is 9.47 Å². The molecule has 1 aromatic heterocycles. The van der Waals surface area contributed by atoms with Crippen molar-refractivity contribution in [1.82, 2.24) is 15.0 Å². The number of hydrogen-bond acceptors (Lipinski definition) is 4. The van der Waals surface area contributed by atoms with Crippen LogP contribution in [0.1, 0.15) is 71.3 Å². The lowest BCUT2D eigenvalue weighted by Gasteiger charge is -2.13. The minimum absolute atomic E-state index is 0.386. The molecule has 0 bridgehead atoms. The lowest BCUT2D eigenvalue weighted by atomic mass is 10.1. The van der Waals surface area contributed by atoms with Gasteiger partial charge in [0.25, 0.3) is 0 Å². The fourth-order valence-corrected chi connectivity index (χ4v) is 2.11. The van der Waals surface area contributed by atoms with Crippen LogP contribution in [0.3, 0.4) is 0 Å². The van der Waals surface area contributed by atoms with Crippen LogP contribution in [0.2, 0.25) is 0 Å².